The molecule has 17 heavy (non-hydrogen) atoms. The summed E-state index contributed by atoms with van der Waals surface area (Å²) in [5.74, 6) is 0.0432. The highest BCUT2D eigenvalue weighted by Crippen LogP contribution is 2.41. The van der Waals surface area contributed by atoms with Crippen molar-refractivity contribution < 1.29 is 9.90 Å². The Morgan fingerprint density at radius 2 is 1.76 bits per heavy atom. The normalized spacial score (nSPS) is 18.8. The van der Waals surface area contributed by atoms with Crippen LogP contribution in [0.3, 0.4) is 0 Å². The number of carbonyl (C=O) groups is 1. The first kappa shape index (κ1) is 10.8. The highest BCUT2D eigenvalue weighted by atomic mass is 16.4. The summed E-state index contributed by atoms with van der Waals surface area (Å²) >= 11 is 0. The molecule has 1 aromatic rings. The van der Waals surface area contributed by atoms with Crippen LogP contribution in [0.4, 0.5) is 0 Å². The van der Waals surface area contributed by atoms with Crippen molar-refractivity contribution in [2.24, 2.45) is 0 Å². The predicted octanol–water partition coefficient (Wildman–Crippen LogP) is 3.07. The zero-order chi connectivity index (χ0) is 11.8. The van der Waals surface area contributed by atoms with Crippen LogP contribution in [-0.2, 0) is 24.1 Å². The molecule has 0 radical (unpaired) electrons. The van der Waals surface area contributed by atoms with Gasteiger partial charge in [-0.15, -0.1) is 0 Å². The molecule has 1 aromatic carbocycles. The zero-order valence-corrected chi connectivity index (χ0v) is 10.0. The van der Waals surface area contributed by atoms with Gasteiger partial charge in [0, 0.05) is 0 Å². The summed E-state index contributed by atoms with van der Waals surface area (Å²) in [6, 6.07) is 4.29. The molecule has 2 aliphatic rings. The second-order valence-electron chi connectivity index (χ2n) is 5.38. The second kappa shape index (κ2) is 4.17. The van der Waals surface area contributed by atoms with Crippen molar-refractivity contribution >= 4 is 5.97 Å². The molecule has 90 valence electrons. The molecule has 2 heteroatoms. The third kappa shape index (κ3) is 1.97. The number of hydrogen-bond acceptors (Lipinski definition) is 1. The molecule has 2 aliphatic carbocycles. The number of aliphatic carboxylic acids is 1. The molecule has 1 N–H and O–H groups in total. The maximum absolute atomic E-state index is 10.8. The van der Waals surface area contributed by atoms with Crippen LogP contribution in [-0.4, -0.2) is 11.1 Å². The topological polar surface area (TPSA) is 37.3 Å². The number of hydrogen-bond donors (Lipinski definition) is 1. The van der Waals surface area contributed by atoms with Gasteiger partial charge in [-0.1, -0.05) is 12.1 Å². The van der Waals surface area contributed by atoms with Crippen molar-refractivity contribution in [2.45, 2.75) is 50.9 Å². The Morgan fingerprint density at radius 1 is 1.18 bits per heavy atom. The summed E-state index contributed by atoms with van der Waals surface area (Å²) in [6.45, 7) is 0. The fraction of sp³-hybridized carbons (Fsp3) is 0.533. The third-order valence-corrected chi connectivity index (χ3v) is 4.17. The van der Waals surface area contributed by atoms with Crippen molar-refractivity contribution in [3.05, 3.63) is 34.4 Å². The molecule has 3 rings (SSSR count). The first-order valence-electron chi connectivity index (χ1n) is 6.60. The van der Waals surface area contributed by atoms with E-state index in [0.717, 1.165) is 24.3 Å². The first-order chi connectivity index (χ1) is 8.24. The number of aryl methyl sites for hydroxylation is 2. The lowest BCUT2D eigenvalue weighted by atomic mass is 9.73. The van der Waals surface area contributed by atoms with E-state index in [9.17, 15) is 4.79 Å². The van der Waals surface area contributed by atoms with Gasteiger partial charge in [-0.3, -0.25) is 4.79 Å². The number of carboxylic acids is 1. The van der Waals surface area contributed by atoms with E-state index in [-0.39, 0.29) is 6.42 Å². The van der Waals surface area contributed by atoms with Crippen LogP contribution in [0, 0.1) is 0 Å². The van der Waals surface area contributed by atoms with Gasteiger partial charge in [0.1, 0.15) is 0 Å². The highest BCUT2D eigenvalue weighted by molar-refractivity contribution is 5.70. The lowest BCUT2D eigenvalue weighted by Crippen LogP contribution is -2.18. The maximum atomic E-state index is 10.8. The van der Waals surface area contributed by atoms with E-state index in [1.165, 1.54) is 36.8 Å². The molecule has 0 heterocycles. The maximum Gasteiger partial charge on any atom is 0.307 e. The molecule has 0 unspecified atom stereocenters. The van der Waals surface area contributed by atoms with Gasteiger partial charge in [-0.2, -0.15) is 0 Å². The lowest BCUT2D eigenvalue weighted by molar-refractivity contribution is -0.136. The van der Waals surface area contributed by atoms with Crippen LogP contribution >= 0.6 is 0 Å². The number of rotatable bonds is 2. The largest absolute Gasteiger partial charge is 0.481 e. The standard InChI is InChI=1S/C15H18O2/c16-14(17)9-10-7-12-5-1-3-11-4-2-6-13(8-10)15(11)12/h7-8,11H,1-6,9H2,(H,16,17). The van der Waals surface area contributed by atoms with E-state index in [4.69, 9.17) is 5.11 Å². The minimum atomic E-state index is -0.722. The second-order valence-corrected chi connectivity index (χ2v) is 5.38. The fourth-order valence-electron chi connectivity index (χ4n) is 3.58. The van der Waals surface area contributed by atoms with Gasteiger partial charge in [-0.25, -0.2) is 0 Å². The van der Waals surface area contributed by atoms with E-state index >= 15 is 0 Å². The number of carboxylic acid groups (broad SMARTS) is 1. The average molecular weight is 230 g/mol. The molecule has 0 bridgehead atoms. The minimum Gasteiger partial charge on any atom is -0.481 e. The summed E-state index contributed by atoms with van der Waals surface area (Å²) < 4.78 is 0. The van der Waals surface area contributed by atoms with E-state index < -0.39 is 5.97 Å². The molecule has 0 fully saturated rings. The highest BCUT2D eigenvalue weighted by Gasteiger charge is 2.26. The van der Waals surface area contributed by atoms with Gasteiger partial charge in [0.25, 0.3) is 0 Å². The smallest absolute Gasteiger partial charge is 0.307 e. The molecule has 0 saturated heterocycles. The van der Waals surface area contributed by atoms with Crippen molar-refractivity contribution in [1.82, 2.24) is 0 Å². The average Bonchev–Trinajstić information content (AvgIpc) is 2.28. The van der Waals surface area contributed by atoms with Gasteiger partial charge in [0.2, 0.25) is 0 Å². The Labute approximate surface area is 102 Å². The van der Waals surface area contributed by atoms with Crippen LogP contribution in [0.25, 0.3) is 0 Å². The van der Waals surface area contributed by atoms with Crippen LogP contribution in [0.15, 0.2) is 12.1 Å². The molecule has 0 atom stereocenters. The summed E-state index contributed by atoms with van der Waals surface area (Å²) in [5, 5.41) is 8.90. The Morgan fingerprint density at radius 3 is 2.29 bits per heavy atom. The van der Waals surface area contributed by atoms with Crippen LogP contribution in [0.5, 0.6) is 0 Å². The number of benzene rings is 1. The molecule has 0 amide bonds. The molecular formula is C15H18O2. The van der Waals surface area contributed by atoms with Crippen LogP contribution in [0.1, 0.15) is 53.9 Å². The Bertz CT molecular complexity index is 431. The first-order valence-corrected chi connectivity index (χ1v) is 6.60. The van der Waals surface area contributed by atoms with Crippen LogP contribution < -0.4 is 0 Å². The van der Waals surface area contributed by atoms with Crippen molar-refractivity contribution in [2.75, 3.05) is 0 Å². The Kier molecular flexibility index (Phi) is 2.65. The fourth-order valence-corrected chi connectivity index (χ4v) is 3.58. The molecule has 0 saturated carbocycles. The van der Waals surface area contributed by atoms with Gasteiger partial charge < -0.3 is 5.11 Å². The molecule has 2 nitrogen and oxygen atoms in total. The van der Waals surface area contributed by atoms with E-state index in [1.54, 1.807) is 5.56 Å². The monoisotopic (exact) mass is 230 g/mol. The van der Waals surface area contributed by atoms with Gasteiger partial charge in [0.05, 0.1) is 6.42 Å². The quantitative estimate of drug-likeness (QED) is 0.847. The van der Waals surface area contributed by atoms with Crippen LogP contribution in [0.2, 0.25) is 0 Å². The van der Waals surface area contributed by atoms with Gasteiger partial charge >= 0.3 is 5.97 Å². The predicted molar refractivity (Wildman–Crippen MR) is 66.4 cm³/mol. The summed E-state index contributed by atoms with van der Waals surface area (Å²) in [6.07, 6.45) is 7.67. The van der Waals surface area contributed by atoms with Crippen molar-refractivity contribution in [3.8, 4) is 0 Å². The Hall–Kier alpha value is -1.31. The molecule has 0 spiro atoms. The summed E-state index contributed by atoms with van der Waals surface area (Å²) in [7, 11) is 0. The zero-order valence-electron chi connectivity index (χ0n) is 10.0. The van der Waals surface area contributed by atoms with Gasteiger partial charge in [0.15, 0.2) is 0 Å². The molecule has 0 aliphatic heterocycles. The Balaban J connectivity index is 2.05. The van der Waals surface area contributed by atoms with E-state index in [1.807, 2.05) is 0 Å². The summed E-state index contributed by atoms with van der Waals surface area (Å²) in [5.41, 5.74) is 5.45. The van der Waals surface area contributed by atoms with Gasteiger partial charge in [-0.05, 0) is 66.7 Å². The summed E-state index contributed by atoms with van der Waals surface area (Å²) in [4.78, 5) is 10.8. The van der Waals surface area contributed by atoms with E-state index in [2.05, 4.69) is 12.1 Å². The minimum absolute atomic E-state index is 0.172. The molecule has 0 aromatic heterocycles. The lowest BCUT2D eigenvalue weighted by Gasteiger charge is -2.32. The third-order valence-electron chi connectivity index (χ3n) is 4.17. The SMILES string of the molecule is O=C(O)Cc1cc2c3c(c1)CCCC3CCC2. The van der Waals surface area contributed by atoms with Crippen molar-refractivity contribution in [3.63, 3.8) is 0 Å². The van der Waals surface area contributed by atoms with Crippen molar-refractivity contribution in [1.29, 1.82) is 0 Å². The molecular weight excluding hydrogens is 212 g/mol. The van der Waals surface area contributed by atoms with E-state index in [0.29, 0.717) is 0 Å².